The molecule has 0 saturated carbocycles. The first-order valence-corrected chi connectivity index (χ1v) is 8.62. The fourth-order valence-corrected chi connectivity index (χ4v) is 3.22. The van der Waals surface area contributed by atoms with E-state index in [2.05, 4.69) is 10.9 Å². The number of alkyl halides is 3. The summed E-state index contributed by atoms with van der Waals surface area (Å²) < 4.78 is 49.1. The lowest BCUT2D eigenvalue weighted by molar-refractivity contribution is -0.136. The number of fused-ring (bicyclic) bond motifs is 1. The lowest BCUT2D eigenvalue weighted by Gasteiger charge is -2.12. The molecule has 0 bridgehead atoms. The van der Waals surface area contributed by atoms with Crippen molar-refractivity contribution in [1.29, 1.82) is 0 Å². The Balaban J connectivity index is 2.08. The maximum Gasteiger partial charge on any atom is 0.418 e. The van der Waals surface area contributed by atoms with Crippen molar-refractivity contribution in [1.82, 2.24) is 14.1 Å². The van der Waals surface area contributed by atoms with Gasteiger partial charge in [-0.15, -0.1) is 6.42 Å². The van der Waals surface area contributed by atoms with Crippen LogP contribution < -0.4 is 5.69 Å². The molecule has 5 nitrogen and oxygen atoms in total. The Morgan fingerprint density at radius 1 is 1.10 bits per heavy atom. The third-order valence-corrected chi connectivity index (χ3v) is 4.48. The van der Waals surface area contributed by atoms with Gasteiger partial charge in [-0.25, -0.2) is 9.78 Å². The van der Waals surface area contributed by atoms with Gasteiger partial charge in [0.15, 0.2) is 5.65 Å². The van der Waals surface area contributed by atoms with E-state index in [9.17, 15) is 18.0 Å². The molecule has 0 unspecified atom stereocenters. The minimum Gasteiger partial charge on any atom is -0.467 e. The number of pyridine rings is 1. The molecule has 0 amide bonds. The lowest BCUT2D eigenvalue weighted by atomic mass is 10.1. The summed E-state index contributed by atoms with van der Waals surface area (Å²) in [5.41, 5.74) is -1.48. The molecule has 0 aliphatic heterocycles. The number of nitrogens with zero attached hydrogens (tertiary/aromatic N) is 3. The zero-order valence-electron chi connectivity index (χ0n) is 15.0. The van der Waals surface area contributed by atoms with E-state index in [0.29, 0.717) is 11.3 Å². The molecule has 4 aromatic rings. The number of rotatable bonds is 4. The minimum atomic E-state index is -4.70. The number of terminal acetylenes is 1. The van der Waals surface area contributed by atoms with Crippen LogP contribution in [0.4, 0.5) is 13.2 Å². The molecule has 0 aliphatic carbocycles. The standard InChI is InChI=1S/C21H14F3N3O2/c1-2-10-26-18-16(21(22,23)24)12-17(14-7-4-3-5-8-14)25-19(18)27(20(26)28)13-15-9-6-11-29-15/h1,3-9,11-12H,10,13H2. The highest BCUT2D eigenvalue weighted by atomic mass is 19.4. The largest absolute Gasteiger partial charge is 0.467 e. The van der Waals surface area contributed by atoms with Crippen LogP contribution in [0, 0.1) is 12.3 Å². The molecule has 1 aromatic carbocycles. The van der Waals surface area contributed by atoms with E-state index < -0.39 is 17.4 Å². The number of hydrogen-bond acceptors (Lipinski definition) is 3. The van der Waals surface area contributed by atoms with Crippen LogP contribution in [0.3, 0.4) is 0 Å². The van der Waals surface area contributed by atoms with Crippen LogP contribution in [0.1, 0.15) is 11.3 Å². The molecular formula is C21H14F3N3O2. The van der Waals surface area contributed by atoms with Gasteiger partial charge in [0.25, 0.3) is 0 Å². The van der Waals surface area contributed by atoms with E-state index in [0.717, 1.165) is 15.2 Å². The second-order valence-corrected chi connectivity index (χ2v) is 6.33. The van der Waals surface area contributed by atoms with Crippen molar-refractivity contribution in [3.05, 3.63) is 76.6 Å². The molecule has 8 heteroatoms. The predicted molar refractivity (Wildman–Crippen MR) is 101 cm³/mol. The van der Waals surface area contributed by atoms with E-state index in [1.807, 2.05) is 0 Å². The fourth-order valence-electron chi connectivity index (χ4n) is 3.22. The average Bonchev–Trinajstić information content (AvgIpc) is 3.30. The highest BCUT2D eigenvalue weighted by Gasteiger charge is 2.36. The Morgan fingerprint density at radius 3 is 2.48 bits per heavy atom. The first kappa shape index (κ1) is 18.6. The molecule has 3 aromatic heterocycles. The normalized spacial score (nSPS) is 11.7. The molecule has 146 valence electrons. The molecule has 29 heavy (non-hydrogen) atoms. The molecular weight excluding hydrogens is 383 g/mol. The highest BCUT2D eigenvalue weighted by molar-refractivity contribution is 5.81. The van der Waals surface area contributed by atoms with Crippen LogP contribution in [0.5, 0.6) is 0 Å². The summed E-state index contributed by atoms with van der Waals surface area (Å²) in [5, 5.41) is 0. The smallest absolute Gasteiger partial charge is 0.418 e. The second-order valence-electron chi connectivity index (χ2n) is 6.33. The highest BCUT2D eigenvalue weighted by Crippen LogP contribution is 2.36. The van der Waals surface area contributed by atoms with E-state index in [-0.39, 0.29) is 29.9 Å². The summed E-state index contributed by atoms with van der Waals surface area (Å²) in [6.45, 7) is -0.377. The van der Waals surface area contributed by atoms with Crippen molar-refractivity contribution in [2.24, 2.45) is 0 Å². The Kier molecular flexibility index (Phi) is 4.51. The van der Waals surface area contributed by atoms with Gasteiger partial charge in [-0.3, -0.25) is 9.13 Å². The summed E-state index contributed by atoms with van der Waals surface area (Å²) >= 11 is 0. The van der Waals surface area contributed by atoms with Crippen molar-refractivity contribution in [3.63, 3.8) is 0 Å². The number of furan rings is 1. The van der Waals surface area contributed by atoms with Gasteiger partial charge in [0.05, 0.1) is 30.6 Å². The average molecular weight is 397 g/mol. The Labute approximate surface area is 163 Å². The van der Waals surface area contributed by atoms with Crippen LogP contribution in [0.2, 0.25) is 0 Å². The SMILES string of the molecule is C#CCn1c(=O)n(Cc2ccco2)c2nc(-c3ccccc3)cc(C(F)(F)F)c21. The van der Waals surface area contributed by atoms with Crippen molar-refractivity contribution < 1.29 is 17.6 Å². The maximum atomic E-state index is 13.9. The molecule has 0 atom stereocenters. The van der Waals surface area contributed by atoms with Crippen molar-refractivity contribution in [2.45, 2.75) is 19.3 Å². The first-order chi connectivity index (χ1) is 13.9. The Bertz CT molecular complexity index is 1260. The number of aromatic nitrogens is 3. The van der Waals surface area contributed by atoms with Crippen LogP contribution in [-0.4, -0.2) is 14.1 Å². The predicted octanol–water partition coefficient (Wildman–Crippen LogP) is 4.16. The van der Waals surface area contributed by atoms with Crippen LogP contribution in [0.25, 0.3) is 22.4 Å². The first-order valence-electron chi connectivity index (χ1n) is 8.62. The molecule has 0 aliphatic rings. The zero-order valence-corrected chi connectivity index (χ0v) is 15.0. The fraction of sp³-hybridized carbons (Fsp3) is 0.143. The van der Waals surface area contributed by atoms with Gasteiger partial charge in [0, 0.05) is 5.56 Å². The van der Waals surface area contributed by atoms with Crippen molar-refractivity contribution >= 4 is 11.2 Å². The van der Waals surface area contributed by atoms with E-state index in [1.54, 1.807) is 42.5 Å². The summed E-state index contributed by atoms with van der Waals surface area (Å²) in [7, 11) is 0. The third-order valence-electron chi connectivity index (χ3n) is 4.48. The summed E-state index contributed by atoms with van der Waals surface area (Å²) in [4.78, 5) is 17.3. The number of halogens is 3. The zero-order chi connectivity index (χ0) is 20.6. The lowest BCUT2D eigenvalue weighted by Crippen LogP contribution is -2.24. The van der Waals surface area contributed by atoms with Gasteiger partial charge in [-0.2, -0.15) is 13.2 Å². The number of benzene rings is 1. The van der Waals surface area contributed by atoms with Gasteiger partial charge in [-0.05, 0) is 18.2 Å². The van der Waals surface area contributed by atoms with Crippen molar-refractivity contribution in [3.8, 4) is 23.6 Å². The number of imidazole rings is 1. The quantitative estimate of drug-likeness (QED) is 0.486. The molecule has 4 rings (SSSR count). The second kappa shape index (κ2) is 7.02. The van der Waals surface area contributed by atoms with Gasteiger partial charge in [0.1, 0.15) is 11.3 Å². The number of hydrogen-bond donors (Lipinski definition) is 0. The maximum absolute atomic E-state index is 13.9. The van der Waals surface area contributed by atoms with E-state index in [1.165, 1.54) is 6.26 Å². The van der Waals surface area contributed by atoms with E-state index >= 15 is 0 Å². The van der Waals surface area contributed by atoms with Crippen LogP contribution >= 0.6 is 0 Å². The third kappa shape index (κ3) is 3.31. The summed E-state index contributed by atoms with van der Waals surface area (Å²) in [6.07, 6.45) is 2.02. The van der Waals surface area contributed by atoms with Crippen molar-refractivity contribution in [2.75, 3.05) is 0 Å². The molecule has 0 N–H and O–H groups in total. The molecule has 0 radical (unpaired) electrons. The molecule has 3 heterocycles. The van der Waals surface area contributed by atoms with Gasteiger partial charge in [0.2, 0.25) is 0 Å². The minimum absolute atomic E-state index is 0.0670. The Hall–Kier alpha value is -3.73. The van der Waals surface area contributed by atoms with Crippen LogP contribution in [0.15, 0.2) is 64.0 Å². The van der Waals surface area contributed by atoms with Gasteiger partial charge >= 0.3 is 11.9 Å². The molecule has 0 spiro atoms. The van der Waals surface area contributed by atoms with Gasteiger partial charge in [-0.1, -0.05) is 36.3 Å². The summed E-state index contributed by atoms with van der Waals surface area (Å²) in [6, 6.07) is 12.7. The molecule has 0 saturated heterocycles. The topological polar surface area (TPSA) is 53.0 Å². The monoisotopic (exact) mass is 397 g/mol. The molecule has 0 fully saturated rings. The van der Waals surface area contributed by atoms with Crippen LogP contribution in [-0.2, 0) is 19.3 Å². The van der Waals surface area contributed by atoms with E-state index in [4.69, 9.17) is 10.8 Å². The van der Waals surface area contributed by atoms with Gasteiger partial charge < -0.3 is 4.42 Å². The summed E-state index contributed by atoms with van der Waals surface area (Å²) in [5.74, 6) is 2.65. The Morgan fingerprint density at radius 2 is 1.86 bits per heavy atom.